The molecule has 11 unspecified atom stereocenters. The molecular formula is C47H80O14. The Bertz CT molecular complexity index is 1240. The summed E-state index contributed by atoms with van der Waals surface area (Å²) in [5, 5.41) is 71.7. The molecule has 61 heavy (non-hydrogen) atoms. The standard InChI is InChI=1S/C47H80O14/c1-3-5-7-9-11-12-13-14-15-16-17-18-19-20-21-22-23-24-25-26-28-30-39(49)59-36(33-56-31-29-27-10-8-6-4-2)34-57-46-45(55)43(53)41(51)38(61-46)35-58-47-44(54)42(52)40(50)37(32-48)60-47/h5,7,11-12,14-15,17-18,20-21,36-38,40-48,50-55H,3-4,6,8-10,13,16,19,22-35H2,1-2H3/b7-5-,12-11-,15-14-,18-17-,21-20-. The fourth-order valence-electron chi connectivity index (χ4n) is 6.78. The quantitative estimate of drug-likeness (QED) is 0.0245. The van der Waals surface area contributed by atoms with Crippen LogP contribution in [0.5, 0.6) is 0 Å². The average molecular weight is 869 g/mol. The van der Waals surface area contributed by atoms with Crippen LogP contribution >= 0.6 is 0 Å². The lowest BCUT2D eigenvalue weighted by Crippen LogP contribution is -2.61. The molecule has 2 rings (SSSR count). The fraction of sp³-hybridized carbons (Fsp3) is 0.766. The van der Waals surface area contributed by atoms with E-state index in [1.54, 1.807) is 0 Å². The fourth-order valence-corrected chi connectivity index (χ4v) is 6.78. The summed E-state index contributed by atoms with van der Waals surface area (Å²) in [5.41, 5.74) is 0. The van der Waals surface area contributed by atoms with E-state index in [0.29, 0.717) is 13.0 Å². The van der Waals surface area contributed by atoms with Gasteiger partial charge in [0.1, 0.15) is 54.9 Å². The topological polar surface area (TPSA) is 214 Å². The molecule has 11 atom stereocenters. The summed E-state index contributed by atoms with van der Waals surface area (Å²) in [4.78, 5) is 12.9. The first-order valence-corrected chi connectivity index (χ1v) is 22.9. The number of carbonyl (C=O) groups is 1. The molecule has 0 radical (unpaired) electrons. The number of allylic oxidation sites excluding steroid dienone is 10. The van der Waals surface area contributed by atoms with Crippen LogP contribution in [0.25, 0.3) is 0 Å². The number of aliphatic hydroxyl groups excluding tert-OH is 7. The first-order valence-electron chi connectivity index (χ1n) is 22.9. The smallest absolute Gasteiger partial charge is 0.306 e. The molecule has 0 aromatic carbocycles. The van der Waals surface area contributed by atoms with Crippen molar-refractivity contribution < 1.29 is 69.0 Å². The van der Waals surface area contributed by atoms with Crippen LogP contribution in [0.15, 0.2) is 60.8 Å². The number of rotatable bonds is 34. The van der Waals surface area contributed by atoms with E-state index >= 15 is 0 Å². The number of hydrogen-bond acceptors (Lipinski definition) is 14. The van der Waals surface area contributed by atoms with Crippen molar-refractivity contribution in [2.75, 3.05) is 33.0 Å². The minimum Gasteiger partial charge on any atom is -0.457 e. The van der Waals surface area contributed by atoms with Crippen molar-refractivity contribution in [3.63, 3.8) is 0 Å². The molecule has 2 heterocycles. The molecule has 0 amide bonds. The van der Waals surface area contributed by atoms with Gasteiger partial charge < -0.3 is 64.2 Å². The maximum absolute atomic E-state index is 12.9. The van der Waals surface area contributed by atoms with Crippen LogP contribution in [0.1, 0.15) is 129 Å². The maximum atomic E-state index is 12.9. The molecule has 0 aromatic rings. The highest BCUT2D eigenvalue weighted by Gasteiger charge is 2.47. The van der Waals surface area contributed by atoms with Crippen LogP contribution in [0.4, 0.5) is 0 Å². The SMILES string of the molecule is CC/C=C\C/C=C\C/C=C\C/C=C\C/C=C\CCCCCCCC(=O)OC(COCCCCCCCC)COC1OC(COC2OC(CO)C(O)C(O)C2O)C(O)C(O)C1O. The molecule has 14 nitrogen and oxygen atoms in total. The third-order valence-electron chi connectivity index (χ3n) is 10.5. The van der Waals surface area contributed by atoms with Gasteiger partial charge in [-0.25, -0.2) is 0 Å². The molecule has 352 valence electrons. The van der Waals surface area contributed by atoms with Crippen molar-refractivity contribution >= 4 is 5.97 Å². The molecule has 0 spiro atoms. The first kappa shape index (κ1) is 54.8. The Morgan fingerprint density at radius 3 is 1.67 bits per heavy atom. The average Bonchev–Trinajstić information content (AvgIpc) is 3.26. The zero-order valence-electron chi connectivity index (χ0n) is 36.9. The van der Waals surface area contributed by atoms with Crippen molar-refractivity contribution in [1.82, 2.24) is 0 Å². The van der Waals surface area contributed by atoms with Gasteiger partial charge in [0.2, 0.25) is 0 Å². The Labute approximate surface area is 364 Å². The molecule has 0 bridgehead atoms. The predicted octanol–water partition coefficient (Wildman–Crippen LogP) is 5.40. The maximum Gasteiger partial charge on any atom is 0.306 e. The molecule has 2 fully saturated rings. The van der Waals surface area contributed by atoms with E-state index < -0.39 is 86.7 Å². The van der Waals surface area contributed by atoms with Gasteiger partial charge in [0.25, 0.3) is 0 Å². The summed E-state index contributed by atoms with van der Waals surface area (Å²) in [6.07, 6.45) is 23.2. The Morgan fingerprint density at radius 2 is 1.07 bits per heavy atom. The second-order valence-corrected chi connectivity index (χ2v) is 15.8. The molecule has 2 aliphatic heterocycles. The van der Waals surface area contributed by atoms with E-state index in [4.69, 9.17) is 28.4 Å². The second kappa shape index (κ2) is 35.1. The highest BCUT2D eigenvalue weighted by Crippen LogP contribution is 2.26. The molecule has 0 saturated carbocycles. The lowest BCUT2D eigenvalue weighted by atomic mass is 9.98. The largest absolute Gasteiger partial charge is 0.457 e. The molecule has 2 aliphatic rings. The van der Waals surface area contributed by atoms with E-state index in [2.05, 4.69) is 74.6 Å². The van der Waals surface area contributed by atoms with Gasteiger partial charge in [-0.3, -0.25) is 4.79 Å². The van der Waals surface area contributed by atoms with Crippen molar-refractivity contribution in [2.45, 2.75) is 197 Å². The van der Waals surface area contributed by atoms with Crippen molar-refractivity contribution in [2.24, 2.45) is 0 Å². The van der Waals surface area contributed by atoms with Crippen LogP contribution in [0.3, 0.4) is 0 Å². The highest BCUT2D eigenvalue weighted by molar-refractivity contribution is 5.69. The lowest BCUT2D eigenvalue weighted by Gasteiger charge is -2.42. The molecular weight excluding hydrogens is 789 g/mol. The van der Waals surface area contributed by atoms with Gasteiger partial charge in [-0.1, -0.05) is 126 Å². The monoisotopic (exact) mass is 869 g/mol. The van der Waals surface area contributed by atoms with Gasteiger partial charge in [0.15, 0.2) is 12.6 Å². The summed E-state index contributed by atoms with van der Waals surface area (Å²) < 4.78 is 34.0. The Morgan fingerprint density at radius 1 is 0.557 bits per heavy atom. The zero-order chi connectivity index (χ0) is 44.5. The van der Waals surface area contributed by atoms with Gasteiger partial charge >= 0.3 is 5.97 Å². The highest BCUT2D eigenvalue weighted by atomic mass is 16.7. The zero-order valence-corrected chi connectivity index (χ0v) is 36.9. The minimum absolute atomic E-state index is 0.0497. The number of esters is 1. The number of hydrogen-bond donors (Lipinski definition) is 7. The third kappa shape index (κ3) is 23.8. The van der Waals surface area contributed by atoms with Gasteiger partial charge in [-0.05, 0) is 57.8 Å². The van der Waals surface area contributed by atoms with Crippen molar-refractivity contribution in [3.8, 4) is 0 Å². The van der Waals surface area contributed by atoms with Crippen molar-refractivity contribution in [1.29, 1.82) is 0 Å². The number of carbonyl (C=O) groups excluding carboxylic acids is 1. The normalized spacial score (nSPS) is 28.0. The molecule has 0 aliphatic carbocycles. The van der Waals surface area contributed by atoms with Gasteiger partial charge in [0, 0.05) is 13.0 Å². The van der Waals surface area contributed by atoms with Crippen LogP contribution in [-0.2, 0) is 33.2 Å². The van der Waals surface area contributed by atoms with Gasteiger partial charge in [-0.15, -0.1) is 0 Å². The minimum atomic E-state index is -1.71. The van der Waals surface area contributed by atoms with Crippen LogP contribution in [-0.4, -0.2) is 142 Å². The van der Waals surface area contributed by atoms with Gasteiger partial charge in [0.05, 0.1) is 26.4 Å². The summed E-state index contributed by atoms with van der Waals surface area (Å²) >= 11 is 0. The number of aliphatic hydroxyl groups is 7. The van der Waals surface area contributed by atoms with Crippen LogP contribution in [0, 0.1) is 0 Å². The molecule has 7 N–H and O–H groups in total. The summed E-state index contributed by atoms with van der Waals surface area (Å²) in [7, 11) is 0. The Balaban J connectivity index is 1.74. The van der Waals surface area contributed by atoms with E-state index in [1.807, 2.05) is 0 Å². The first-order chi connectivity index (χ1) is 29.6. The third-order valence-corrected chi connectivity index (χ3v) is 10.5. The van der Waals surface area contributed by atoms with E-state index in [1.165, 1.54) is 12.8 Å². The van der Waals surface area contributed by atoms with Gasteiger partial charge in [-0.2, -0.15) is 0 Å². The Hall–Kier alpha value is -2.31. The lowest BCUT2D eigenvalue weighted by molar-refractivity contribution is -0.332. The molecule has 14 heteroatoms. The number of unbranched alkanes of at least 4 members (excludes halogenated alkanes) is 10. The summed E-state index contributed by atoms with van der Waals surface area (Å²) in [6, 6.07) is 0. The second-order valence-electron chi connectivity index (χ2n) is 15.8. The van der Waals surface area contributed by atoms with E-state index in [0.717, 1.165) is 89.9 Å². The van der Waals surface area contributed by atoms with Crippen molar-refractivity contribution in [3.05, 3.63) is 60.8 Å². The number of ether oxygens (including phenoxy) is 6. The summed E-state index contributed by atoms with van der Waals surface area (Å²) in [6.45, 7) is 3.45. The molecule has 0 aromatic heterocycles. The summed E-state index contributed by atoms with van der Waals surface area (Å²) in [5.74, 6) is -0.401. The van der Waals surface area contributed by atoms with E-state index in [-0.39, 0.29) is 19.6 Å². The predicted molar refractivity (Wildman–Crippen MR) is 233 cm³/mol. The Kier molecular flexibility index (Phi) is 31.5. The molecule has 2 saturated heterocycles. The van der Waals surface area contributed by atoms with E-state index in [9.17, 15) is 40.5 Å². The van der Waals surface area contributed by atoms with Crippen LogP contribution in [0.2, 0.25) is 0 Å². The van der Waals surface area contributed by atoms with Crippen LogP contribution < -0.4 is 0 Å².